The van der Waals surface area contributed by atoms with E-state index in [0.29, 0.717) is 5.92 Å². The number of amides is 1. The Hall–Kier alpha value is -0.580. The summed E-state index contributed by atoms with van der Waals surface area (Å²) in [5.74, 6) is 1.98. The molecule has 96 valence electrons. The number of carbonyl (C=O) groups excluding carboxylic acids is 1. The van der Waals surface area contributed by atoms with Gasteiger partial charge in [0.1, 0.15) is 0 Å². The van der Waals surface area contributed by atoms with Crippen LogP contribution in [0.1, 0.15) is 31.2 Å². The van der Waals surface area contributed by atoms with E-state index in [1.165, 1.54) is 22.8 Å². The molecule has 2 fully saturated rings. The van der Waals surface area contributed by atoms with E-state index < -0.39 is 0 Å². The smallest absolute Gasteiger partial charge is 0.227 e. The van der Waals surface area contributed by atoms with Crippen LogP contribution < -0.4 is 5.32 Å². The van der Waals surface area contributed by atoms with Gasteiger partial charge >= 0.3 is 0 Å². The molecule has 3 heteroatoms. The average molecular weight is 355 g/mol. The zero-order valence-corrected chi connectivity index (χ0v) is 12.7. The second kappa shape index (κ2) is 4.83. The summed E-state index contributed by atoms with van der Waals surface area (Å²) in [6.07, 6.45) is 5.00. The first kappa shape index (κ1) is 12.5. The second-order valence-corrected chi connectivity index (χ2v) is 6.98. The molecule has 2 aliphatic rings. The maximum atomic E-state index is 12.3. The Labute approximate surface area is 122 Å². The lowest BCUT2D eigenvalue weighted by Crippen LogP contribution is -2.27. The number of rotatable bonds is 2. The maximum absolute atomic E-state index is 12.3. The van der Waals surface area contributed by atoms with Crippen LogP contribution in [-0.2, 0) is 4.79 Å². The van der Waals surface area contributed by atoms with Crippen LogP contribution in [0.25, 0.3) is 0 Å². The highest BCUT2D eigenvalue weighted by molar-refractivity contribution is 14.1. The minimum absolute atomic E-state index is 0.242. The Morgan fingerprint density at radius 3 is 2.78 bits per heavy atom. The number of halogens is 1. The first-order valence-corrected chi connectivity index (χ1v) is 7.78. The fourth-order valence-electron chi connectivity index (χ4n) is 3.56. The van der Waals surface area contributed by atoms with Crippen molar-refractivity contribution in [2.75, 3.05) is 5.32 Å². The summed E-state index contributed by atoms with van der Waals surface area (Å²) in [6.45, 7) is 2.05. The fourth-order valence-corrected chi connectivity index (χ4v) is 4.21. The lowest BCUT2D eigenvalue weighted by molar-refractivity contribution is -0.121. The Bertz CT molecular complexity index is 485. The molecule has 3 rings (SSSR count). The van der Waals surface area contributed by atoms with E-state index in [0.717, 1.165) is 23.6 Å². The number of hydrogen-bond donors (Lipinski definition) is 1. The van der Waals surface area contributed by atoms with Crippen LogP contribution in [0.3, 0.4) is 0 Å². The molecule has 1 N–H and O–H groups in total. The first-order chi connectivity index (χ1) is 8.63. The van der Waals surface area contributed by atoms with Gasteiger partial charge in [-0.2, -0.15) is 0 Å². The minimum atomic E-state index is 0.242. The molecular formula is C15H18INO. The molecule has 3 atom stereocenters. The molecule has 0 spiro atoms. The summed E-state index contributed by atoms with van der Waals surface area (Å²) >= 11 is 2.30. The minimum Gasteiger partial charge on any atom is -0.326 e. The highest BCUT2D eigenvalue weighted by Gasteiger charge is 2.43. The van der Waals surface area contributed by atoms with E-state index in [1.807, 2.05) is 12.1 Å². The van der Waals surface area contributed by atoms with Gasteiger partial charge in [-0.3, -0.25) is 4.79 Å². The standard InChI is InChI=1S/C15H18INO/c1-9-6-12(16)4-5-14(9)17-15(18)13-8-10-2-3-11(13)7-10/h4-6,10-11,13H,2-3,7-8H2,1H3,(H,17,18)/t10-,11-,13-/m0/s1. The molecule has 0 aromatic heterocycles. The molecule has 0 heterocycles. The lowest BCUT2D eigenvalue weighted by Gasteiger charge is -2.21. The van der Waals surface area contributed by atoms with Gasteiger partial charge in [-0.25, -0.2) is 0 Å². The molecule has 2 bridgehead atoms. The SMILES string of the molecule is Cc1cc(I)ccc1NC(=O)[C@H]1C[C@H]2CC[C@H]1C2. The molecule has 0 radical (unpaired) electrons. The summed E-state index contributed by atoms with van der Waals surface area (Å²) in [5.41, 5.74) is 2.13. The van der Waals surface area contributed by atoms with Crippen LogP contribution in [0, 0.1) is 28.2 Å². The number of carbonyl (C=O) groups is 1. The molecule has 0 unspecified atom stereocenters. The van der Waals surface area contributed by atoms with E-state index in [4.69, 9.17) is 0 Å². The molecule has 0 saturated heterocycles. The molecule has 2 aliphatic carbocycles. The fraction of sp³-hybridized carbons (Fsp3) is 0.533. The van der Waals surface area contributed by atoms with Gasteiger partial charge in [0.2, 0.25) is 5.91 Å². The zero-order valence-electron chi connectivity index (χ0n) is 10.6. The number of benzene rings is 1. The van der Waals surface area contributed by atoms with Gasteiger partial charge in [0.25, 0.3) is 0 Å². The normalized spacial score (nSPS) is 29.6. The van der Waals surface area contributed by atoms with Crippen molar-refractivity contribution in [2.45, 2.75) is 32.6 Å². The van der Waals surface area contributed by atoms with Gasteiger partial charge in [0.05, 0.1) is 0 Å². The van der Waals surface area contributed by atoms with Crippen molar-refractivity contribution in [1.82, 2.24) is 0 Å². The Balaban J connectivity index is 1.71. The number of anilines is 1. The Kier molecular flexibility index (Phi) is 3.34. The Morgan fingerprint density at radius 1 is 1.33 bits per heavy atom. The monoisotopic (exact) mass is 355 g/mol. The third-order valence-electron chi connectivity index (χ3n) is 4.52. The van der Waals surface area contributed by atoms with Gasteiger partial charge in [-0.15, -0.1) is 0 Å². The van der Waals surface area contributed by atoms with E-state index in [2.05, 4.69) is 40.9 Å². The first-order valence-electron chi connectivity index (χ1n) is 6.70. The number of aryl methyl sites for hydroxylation is 1. The molecule has 1 amide bonds. The summed E-state index contributed by atoms with van der Waals surface area (Å²) in [7, 11) is 0. The van der Waals surface area contributed by atoms with Gasteiger partial charge in [0.15, 0.2) is 0 Å². The van der Waals surface area contributed by atoms with Crippen molar-refractivity contribution in [1.29, 1.82) is 0 Å². The molecule has 1 aromatic carbocycles. The van der Waals surface area contributed by atoms with Gasteiger partial charge in [-0.05, 0) is 84.4 Å². The third-order valence-corrected chi connectivity index (χ3v) is 5.19. The number of fused-ring (bicyclic) bond motifs is 2. The largest absolute Gasteiger partial charge is 0.326 e. The molecular weight excluding hydrogens is 337 g/mol. The topological polar surface area (TPSA) is 29.1 Å². The summed E-state index contributed by atoms with van der Waals surface area (Å²) < 4.78 is 1.21. The van der Waals surface area contributed by atoms with Crippen molar-refractivity contribution in [3.8, 4) is 0 Å². The van der Waals surface area contributed by atoms with E-state index in [-0.39, 0.29) is 11.8 Å². The summed E-state index contributed by atoms with van der Waals surface area (Å²) in [6, 6.07) is 6.17. The predicted molar refractivity (Wildman–Crippen MR) is 81.5 cm³/mol. The van der Waals surface area contributed by atoms with Crippen molar-refractivity contribution < 1.29 is 4.79 Å². The lowest BCUT2D eigenvalue weighted by atomic mass is 9.88. The van der Waals surface area contributed by atoms with Crippen LogP contribution in [-0.4, -0.2) is 5.91 Å². The molecule has 2 nitrogen and oxygen atoms in total. The van der Waals surface area contributed by atoms with Crippen LogP contribution in [0.5, 0.6) is 0 Å². The molecule has 0 aliphatic heterocycles. The highest BCUT2D eigenvalue weighted by Crippen LogP contribution is 2.48. The third kappa shape index (κ3) is 2.29. The summed E-state index contributed by atoms with van der Waals surface area (Å²) in [4.78, 5) is 12.3. The predicted octanol–water partition coefficient (Wildman–Crippen LogP) is 3.97. The van der Waals surface area contributed by atoms with E-state index in [1.54, 1.807) is 0 Å². The Morgan fingerprint density at radius 2 is 2.17 bits per heavy atom. The average Bonchev–Trinajstić information content (AvgIpc) is 2.94. The highest BCUT2D eigenvalue weighted by atomic mass is 127. The molecule has 2 saturated carbocycles. The maximum Gasteiger partial charge on any atom is 0.227 e. The second-order valence-electron chi connectivity index (χ2n) is 5.73. The number of hydrogen-bond acceptors (Lipinski definition) is 1. The number of nitrogens with one attached hydrogen (secondary N) is 1. The van der Waals surface area contributed by atoms with Crippen molar-refractivity contribution in [3.63, 3.8) is 0 Å². The van der Waals surface area contributed by atoms with Gasteiger partial charge < -0.3 is 5.32 Å². The summed E-state index contributed by atoms with van der Waals surface area (Å²) in [5, 5.41) is 3.12. The van der Waals surface area contributed by atoms with E-state index in [9.17, 15) is 4.79 Å². The van der Waals surface area contributed by atoms with Crippen LogP contribution in [0.15, 0.2) is 18.2 Å². The van der Waals surface area contributed by atoms with Crippen molar-refractivity contribution in [2.24, 2.45) is 17.8 Å². The molecule has 1 aromatic rings. The van der Waals surface area contributed by atoms with Crippen LogP contribution in [0.2, 0.25) is 0 Å². The van der Waals surface area contributed by atoms with Crippen molar-refractivity contribution >= 4 is 34.2 Å². The van der Waals surface area contributed by atoms with Gasteiger partial charge in [-0.1, -0.05) is 6.42 Å². The van der Waals surface area contributed by atoms with Gasteiger partial charge in [0, 0.05) is 15.2 Å². The van der Waals surface area contributed by atoms with E-state index >= 15 is 0 Å². The van der Waals surface area contributed by atoms with Crippen LogP contribution >= 0.6 is 22.6 Å². The molecule has 18 heavy (non-hydrogen) atoms. The zero-order chi connectivity index (χ0) is 12.7. The quantitative estimate of drug-likeness (QED) is 0.799. The van der Waals surface area contributed by atoms with Crippen molar-refractivity contribution in [3.05, 3.63) is 27.3 Å². The van der Waals surface area contributed by atoms with Crippen LogP contribution in [0.4, 0.5) is 5.69 Å².